The largest absolute Gasteiger partial charge is 0.497 e. The topological polar surface area (TPSA) is 34.6 Å². The Balaban J connectivity index is 0.00000324. The van der Waals surface area contributed by atoms with Crippen LogP contribution in [0.25, 0.3) is 33.3 Å². The highest BCUT2D eigenvalue weighted by Crippen LogP contribution is 2.34. The van der Waals surface area contributed by atoms with E-state index >= 15 is 0 Å². The molecule has 1 heterocycles. The third-order valence-corrected chi connectivity index (χ3v) is 5.82. The van der Waals surface area contributed by atoms with Gasteiger partial charge in [-0.1, -0.05) is 35.9 Å². The fourth-order valence-electron chi connectivity index (χ4n) is 4.09. The van der Waals surface area contributed by atoms with Gasteiger partial charge >= 0.3 is 0 Å². The van der Waals surface area contributed by atoms with Crippen molar-refractivity contribution in [3.8, 4) is 34.0 Å². The summed E-state index contributed by atoms with van der Waals surface area (Å²) < 4.78 is 11.4. The van der Waals surface area contributed by atoms with E-state index in [0.717, 1.165) is 57.9 Å². The van der Waals surface area contributed by atoms with E-state index in [0.29, 0.717) is 6.61 Å². The lowest BCUT2D eigenvalue weighted by atomic mass is 9.98. The van der Waals surface area contributed by atoms with Gasteiger partial charge in [-0.2, -0.15) is 0 Å². The molecule has 0 aliphatic carbocycles. The molecule has 178 valence electrons. The Labute approximate surface area is 209 Å². The van der Waals surface area contributed by atoms with E-state index in [1.54, 1.807) is 7.11 Å². The Morgan fingerprint density at radius 3 is 2.44 bits per heavy atom. The third-order valence-electron chi connectivity index (χ3n) is 5.82. The second-order valence-electron chi connectivity index (χ2n) is 8.79. The van der Waals surface area contributed by atoms with Crippen molar-refractivity contribution in [2.75, 3.05) is 34.4 Å². The van der Waals surface area contributed by atoms with E-state index in [1.165, 1.54) is 10.9 Å². The third kappa shape index (κ3) is 5.88. The summed E-state index contributed by atoms with van der Waals surface area (Å²) in [7, 11) is 5.85. The zero-order valence-corrected chi connectivity index (χ0v) is 21.4. The number of hydrogen-bond acceptors (Lipinski definition) is 4. The summed E-state index contributed by atoms with van der Waals surface area (Å²) >= 11 is 0. The van der Waals surface area contributed by atoms with Gasteiger partial charge in [-0.15, -0.1) is 12.4 Å². The highest BCUT2D eigenvalue weighted by Gasteiger charge is 2.13. The number of halogens is 1. The summed E-state index contributed by atoms with van der Waals surface area (Å²) in [6.07, 6.45) is 0.990. The monoisotopic (exact) mass is 476 g/mol. The maximum Gasteiger partial charge on any atom is 0.119 e. The Hall–Kier alpha value is -3.08. The molecule has 0 saturated heterocycles. The molecule has 0 spiro atoms. The number of nitrogens with zero attached hydrogens (tertiary/aromatic N) is 2. The number of benzene rings is 3. The number of pyridine rings is 1. The van der Waals surface area contributed by atoms with Crippen LogP contribution in [0.3, 0.4) is 0 Å². The molecule has 0 N–H and O–H groups in total. The molecule has 34 heavy (non-hydrogen) atoms. The van der Waals surface area contributed by atoms with Crippen molar-refractivity contribution in [3.63, 3.8) is 0 Å². The molecule has 0 fully saturated rings. The van der Waals surface area contributed by atoms with Crippen LogP contribution in [0.15, 0.2) is 66.7 Å². The summed E-state index contributed by atoms with van der Waals surface area (Å²) in [6.45, 7) is 5.93. The number of aromatic nitrogens is 1. The van der Waals surface area contributed by atoms with Gasteiger partial charge in [-0.3, -0.25) is 0 Å². The van der Waals surface area contributed by atoms with Crippen molar-refractivity contribution in [1.29, 1.82) is 0 Å². The van der Waals surface area contributed by atoms with Crippen molar-refractivity contribution >= 4 is 23.2 Å². The number of methoxy groups -OCH3 is 1. The zero-order valence-electron chi connectivity index (χ0n) is 20.6. The van der Waals surface area contributed by atoms with Crippen LogP contribution >= 0.6 is 12.4 Å². The van der Waals surface area contributed by atoms with Crippen LogP contribution in [-0.4, -0.2) is 44.2 Å². The molecule has 0 bridgehead atoms. The van der Waals surface area contributed by atoms with Crippen molar-refractivity contribution in [2.45, 2.75) is 20.3 Å². The van der Waals surface area contributed by atoms with Gasteiger partial charge in [0.15, 0.2) is 0 Å². The van der Waals surface area contributed by atoms with Crippen LogP contribution in [0, 0.1) is 13.8 Å². The predicted octanol–water partition coefficient (Wildman–Crippen LogP) is 6.95. The second kappa shape index (κ2) is 11.4. The molecule has 0 aliphatic rings. The minimum Gasteiger partial charge on any atom is -0.497 e. The summed E-state index contributed by atoms with van der Waals surface area (Å²) in [5, 5.41) is 2.32. The summed E-state index contributed by atoms with van der Waals surface area (Å²) in [5.74, 6) is 1.73. The molecule has 0 unspecified atom stereocenters. The second-order valence-corrected chi connectivity index (χ2v) is 8.79. The van der Waals surface area contributed by atoms with Crippen molar-refractivity contribution in [3.05, 3.63) is 77.9 Å². The number of aryl methyl sites for hydroxylation is 2. The summed E-state index contributed by atoms with van der Waals surface area (Å²) in [5.41, 5.74) is 6.46. The summed E-state index contributed by atoms with van der Waals surface area (Å²) in [6, 6.07) is 23.1. The maximum atomic E-state index is 6.04. The first-order chi connectivity index (χ1) is 15.9. The molecule has 0 saturated carbocycles. The number of hydrogen-bond donors (Lipinski definition) is 0. The molecule has 0 amide bonds. The molecule has 4 nitrogen and oxygen atoms in total. The van der Waals surface area contributed by atoms with Crippen LogP contribution in [0.1, 0.15) is 17.5 Å². The van der Waals surface area contributed by atoms with E-state index in [4.69, 9.17) is 14.5 Å². The molecule has 5 heteroatoms. The van der Waals surface area contributed by atoms with Gasteiger partial charge in [0.05, 0.1) is 25.1 Å². The smallest absolute Gasteiger partial charge is 0.119 e. The van der Waals surface area contributed by atoms with Crippen LogP contribution in [0.5, 0.6) is 11.5 Å². The standard InChI is InChI=1S/C29H32N2O2.ClH/c1-20-10-12-27-23(16-20)19-28(26-13-11-24(32-5)17-21(26)2)30-29(27)22-8-6-9-25(18-22)33-15-7-14-31(3)4;/h6,8-13,16-19H,7,14-15H2,1-5H3;1H. The highest BCUT2D eigenvalue weighted by molar-refractivity contribution is 5.97. The average Bonchev–Trinajstić information content (AvgIpc) is 2.81. The van der Waals surface area contributed by atoms with Gasteiger partial charge < -0.3 is 14.4 Å². The normalized spacial score (nSPS) is 10.9. The lowest BCUT2D eigenvalue weighted by Crippen LogP contribution is -2.15. The average molecular weight is 477 g/mol. The minimum atomic E-state index is 0. The highest BCUT2D eigenvalue weighted by atomic mass is 35.5. The molecule has 3 aromatic carbocycles. The van der Waals surface area contributed by atoms with Crippen LogP contribution in [0.4, 0.5) is 0 Å². The first-order valence-corrected chi connectivity index (χ1v) is 11.4. The quantitative estimate of drug-likeness (QED) is 0.258. The predicted molar refractivity (Wildman–Crippen MR) is 145 cm³/mol. The van der Waals surface area contributed by atoms with E-state index < -0.39 is 0 Å². The fraction of sp³-hybridized carbons (Fsp3) is 0.276. The van der Waals surface area contributed by atoms with E-state index in [-0.39, 0.29) is 12.4 Å². The number of ether oxygens (including phenoxy) is 2. The lowest BCUT2D eigenvalue weighted by molar-refractivity contribution is 0.281. The molecule has 4 aromatic rings. The van der Waals surface area contributed by atoms with Crippen molar-refractivity contribution < 1.29 is 9.47 Å². The SMILES string of the molecule is COc1ccc(-c2cc3cc(C)ccc3c(-c3cccc(OCCCN(C)C)c3)n2)c(C)c1.Cl. The van der Waals surface area contributed by atoms with E-state index in [2.05, 4.69) is 81.4 Å². The van der Waals surface area contributed by atoms with Crippen molar-refractivity contribution in [1.82, 2.24) is 9.88 Å². The fourth-order valence-corrected chi connectivity index (χ4v) is 4.09. The van der Waals surface area contributed by atoms with E-state index in [1.807, 2.05) is 18.2 Å². The lowest BCUT2D eigenvalue weighted by Gasteiger charge is -2.14. The molecule has 1 aromatic heterocycles. The van der Waals surface area contributed by atoms with Crippen molar-refractivity contribution in [2.24, 2.45) is 0 Å². The van der Waals surface area contributed by atoms with Crippen LogP contribution in [0.2, 0.25) is 0 Å². The summed E-state index contributed by atoms with van der Waals surface area (Å²) in [4.78, 5) is 7.32. The van der Waals surface area contributed by atoms with Gasteiger partial charge in [0, 0.05) is 23.1 Å². The molecular weight excluding hydrogens is 444 g/mol. The Kier molecular flexibility index (Phi) is 8.54. The molecule has 0 aliphatic heterocycles. The molecule has 0 radical (unpaired) electrons. The molecule has 0 atom stereocenters. The zero-order chi connectivity index (χ0) is 23.4. The Bertz CT molecular complexity index is 1270. The Morgan fingerprint density at radius 1 is 0.882 bits per heavy atom. The van der Waals surface area contributed by atoms with Gasteiger partial charge in [0.2, 0.25) is 0 Å². The molecule has 4 rings (SSSR count). The maximum absolute atomic E-state index is 6.04. The van der Waals surface area contributed by atoms with Gasteiger partial charge in [-0.25, -0.2) is 4.98 Å². The van der Waals surface area contributed by atoms with Gasteiger partial charge in [0.1, 0.15) is 11.5 Å². The van der Waals surface area contributed by atoms with Crippen LogP contribution < -0.4 is 9.47 Å². The minimum absolute atomic E-state index is 0. The Morgan fingerprint density at radius 2 is 1.71 bits per heavy atom. The first kappa shape index (κ1) is 25.5. The van der Waals surface area contributed by atoms with E-state index in [9.17, 15) is 0 Å². The van der Waals surface area contributed by atoms with Gasteiger partial charge in [-0.05, 0) is 81.7 Å². The number of rotatable bonds is 8. The number of fused-ring (bicyclic) bond motifs is 1. The molecular formula is C29H33ClN2O2. The van der Waals surface area contributed by atoms with Crippen LogP contribution in [-0.2, 0) is 0 Å². The first-order valence-electron chi connectivity index (χ1n) is 11.4. The van der Waals surface area contributed by atoms with Gasteiger partial charge in [0.25, 0.3) is 0 Å².